The zero-order valence-corrected chi connectivity index (χ0v) is 13.8. The lowest BCUT2D eigenvalue weighted by Crippen LogP contribution is -2.38. The molecule has 1 amide bonds. The molecule has 23 heavy (non-hydrogen) atoms. The normalized spacial score (nSPS) is 13.0. The first-order chi connectivity index (χ1) is 11.1. The summed E-state index contributed by atoms with van der Waals surface area (Å²) in [5, 5.41) is 2.93. The summed E-state index contributed by atoms with van der Waals surface area (Å²) in [4.78, 5) is 12.1. The molecule has 0 aliphatic rings. The van der Waals surface area contributed by atoms with Crippen molar-refractivity contribution >= 4 is 5.91 Å². The molecular weight excluding hydrogens is 290 g/mol. The zero-order valence-electron chi connectivity index (χ0n) is 13.8. The smallest absolute Gasteiger partial charge is 0.260 e. The molecule has 1 N–H and O–H groups in total. The van der Waals surface area contributed by atoms with E-state index in [2.05, 4.69) is 24.4 Å². The molecule has 4 heteroatoms. The van der Waals surface area contributed by atoms with Gasteiger partial charge in [-0.05, 0) is 42.7 Å². The van der Waals surface area contributed by atoms with E-state index in [0.29, 0.717) is 12.3 Å². The summed E-state index contributed by atoms with van der Waals surface area (Å²) in [6.45, 7) is 4.41. The van der Waals surface area contributed by atoms with E-state index in [1.807, 2.05) is 18.2 Å². The summed E-state index contributed by atoms with van der Waals surface area (Å²) in [6, 6.07) is 17.3. The molecule has 0 aromatic heterocycles. The van der Waals surface area contributed by atoms with Crippen LogP contribution in [0, 0.1) is 0 Å². The van der Waals surface area contributed by atoms with E-state index < -0.39 is 6.10 Å². The highest BCUT2D eigenvalue weighted by atomic mass is 16.5. The van der Waals surface area contributed by atoms with Crippen LogP contribution in [0.25, 0.3) is 0 Å². The number of benzene rings is 2. The van der Waals surface area contributed by atoms with Crippen LogP contribution in [0.3, 0.4) is 0 Å². The topological polar surface area (TPSA) is 47.6 Å². The number of ether oxygens (including phenoxy) is 2. The first kappa shape index (κ1) is 16.9. The van der Waals surface area contributed by atoms with Crippen LogP contribution in [0.2, 0.25) is 0 Å². The highest BCUT2D eigenvalue weighted by Gasteiger charge is 2.15. The van der Waals surface area contributed by atoms with E-state index in [-0.39, 0.29) is 11.8 Å². The molecule has 0 unspecified atom stereocenters. The van der Waals surface area contributed by atoms with Crippen LogP contribution in [0.15, 0.2) is 54.6 Å². The van der Waals surface area contributed by atoms with Crippen LogP contribution in [-0.4, -0.2) is 25.7 Å². The highest BCUT2D eigenvalue weighted by molar-refractivity contribution is 5.80. The molecule has 0 aliphatic heterocycles. The summed E-state index contributed by atoms with van der Waals surface area (Å²) in [7, 11) is 1.61. The molecule has 0 fully saturated rings. The van der Waals surface area contributed by atoms with Crippen molar-refractivity contribution in [2.24, 2.45) is 0 Å². The maximum absolute atomic E-state index is 12.1. The minimum absolute atomic E-state index is 0.122. The van der Waals surface area contributed by atoms with Crippen molar-refractivity contribution in [2.75, 3.05) is 13.7 Å². The van der Waals surface area contributed by atoms with Gasteiger partial charge in [0.25, 0.3) is 5.91 Å². The SMILES string of the molecule is COc1ccc(O[C@H](C)C(=O)NC[C@H](C)c2ccccc2)cc1. The van der Waals surface area contributed by atoms with Crippen LogP contribution in [0.1, 0.15) is 25.3 Å². The quantitative estimate of drug-likeness (QED) is 0.852. The minimum atomic E-state index is -0.550. The van der Waals surface area contributed by atoms with Gasteiger partial charge in [0.05, 0.1) is 7.11 Å². The molecule has 2 rings (SSSR count). The van der Waals surface area contributed by atoms with Crippen molar-refractivity contribution in [3.05, 3.63) is 60.2 Å². The third-order valence-electron chi connectivity index (χ3n) is 3.69. The Labute approximate surface area is 137 Å². The minimum Gasteiger partial charge on any atom is -0.497 e. The van der Waals surface area contributed by atoms with Gasteiger partial charge in [-0.25, -0.2) is 0 Å². The fourth-order valence-electron chi connectivity index (χ4n) is 2.21. The largest absolute Gasteiger partial charge is 0.497 e. The van der Waals surface area contributed by atoms with E-state index in [0.717, 1.165) is 5.75 Å². The third kappa shape index (κ3) is 5.02. The second kappa shape index (κ2) is 8.22. The average molecular weight is 313 g/mol. The lowest BCUT2D eigenvalue weighted by molar-refractivity contribution is -0.127. The van der Waals surface area contributed by atoms with Gasteiger partial charge in [-0.3, -0.25) is 4.79 Å². The van der Waals surface area contributed by atoms with Crippen LogP contribution in [-0.2, 0) is 4.79 Å². The predicted octanol–water partition coefficient (Wildman–Crippen LogP) is 3.38. The van der Waals surface area contributed by atoms with Crippen molar-refractivity contribution in [2.45, 2.75) is 25.9 Å². The number of amides is 1. The summed E-state index contributed by atoms with van der Waals surface area (Å²) >= 11 is 0. The van der Waals surface area contributed by atoms with Gasteiger partial charge in [0, 0.05) is 6.54 Å². The Morgan fingerprint density at radius 3 is 2.22 bits per heavy atom. The Morgan fingerprint density at radius 1 is 1.00 bits per heavy atom. The fourth-order valence-corrected chi connectivity index (χ4v) is 2.21. The van der Waals surface area contributed by atoms with E-state index in [9.17, 15) is 4.79 Å². The summed E-state index contributed by atoms with van der Waals surface area (Å²) < 4.78 is 10.7. The monoisotopic (exact) mass is 313 g/mol. The van der Waals surface area contributed by atoms with Gasteiger partial charge in [-0.1, -0.05) is 37.3 Å². The highest BCUT2D eigenvalue weighted by Crippen LogP contribution is 2.18. The Morgan fingerprint density at radius 2 is 1.61 bits per heavy atom. The second-order valence-corrected chi connectivity index (χ2v) is 5.49. The van der Waals surface area contributed by atoms with E-state index in [1.54, 1.807) is 38.3 Å². The molecule has 0 saturated heterocycles. The molecule has 2 aromatic rings. The van der Waals surface area contributed by atoms with Gasteiger partial charge >= 0.3 is 0 Å². The molecule has 0 radical (unpaired) electrons. The Balaban J connectivity index is 1.82. The van der Waals surface area contributed by atoms with E-state index in [4.69, 9.17) is 9.47 Å². The van der Waals surface area contributed by atoms with E-state index in [1.165, 1.54) is 5.56 Å². The fraction of sp³-hybridized carbons (Fsp3) is 0.316. The van der Waals surface area contributed by atoms with Gasteiger partial charge in [-0.2, -0.15) is 0 Å². The number of rotatable bonds is 7. The van der Waals surface area contributed by atoms with Crippen molar-refractivity contribution in [3.63, 3.8) is 0 Å². The molecule has 0 spiro atoms. The Hall–Kier alpha value is -2.49. The van der Waals surface area contributed by atoms with Crippen molar-refractivity contribution in [3.8, 4) is 11.5 Å². The molecular formula is C19H23NO3. The molecule has 4 nitrogen and oxygen atoms in total. The standard InChI is InChI=1S/C19H23NO3/c1-14(16-7-5-4-6-8-16)13-20-19(21)15(2)23-18-11-9-17(22-3)10-12-18/h4-12,14-15H,13H2,1-3H3,(H,20,21)/t14-,15+/m0/s1. The lowest BCUT2D eigenvalue weighted by atomic mass is 10.0. The molecule has 0 aliphatic carbocycles. The van der Waals surface area contributed by atoms with Crippen LogP contribution in [0.4, 0.5) is 0 Å². The molecule has 2 atom stereocenters. The predicted molar refractivity (Wildman–Crippen MR) is 91.0 cm³/mol. The molecule has 0 heterocycles. The maximum Gasteiger partial charge on any atom is 0.260 e. The number of carbonyl (C=O) groups is 1. The van der Waals surface area contributed by atoms with Gasteiger partial charge in [0.15, 0.2) is 6.10 Å². The molecule has 2 aromatic carbocycles. The number of hydrogen-bond acceptors (Lipinski definition) is 3. The van der Waals surface area contributed by atoms with Crippen LogP contribution >= 0.6 is 0 Å². The van der Waals surface area contributed by atoms with Crippen molar-refractivity contribution in [1.29, 1.82) is 0 Å². The molecule has 0 bridgehead atoms. The summed E-state index contributed by atoms with van der Waals surface area (Å²) in [6.07, 6.45) is -0.550. The van der Waals surface area contributed by atoms with Gasteiger partial charge in [0.1, 0.15) is 11.5 Å². The van der Waals surface area contributed by atoms with Gasteiger partial charge in [0.2, 0.25) is 0 Å². The van der Waals surface area contributed by atoms with Crippen LogP contribution in [0.5, 0.6) is 11.5 Å². The number of carbonyl (C=O) groups excluding carboxylic acids is 1. The van der Waals surface area contributed by atoms with Crippen molar-refractivity contribution in [1.82, 2.24) is 5.32 Å². The maximum atomic E-state index is 12.1. The van der Waals surface area contributed by atoms with Crippen molar-refractivity contribution < 1.29 is 14.3 Å². The second-order valence-electron chi connectivity index (χ2n) is 5.49. The van der Waals surface area contributed by atoms with Gasteiger partial charge < -0.3 is 14.8 Å². The lowest BCUT2D eigenvalue weighted by Gasteiger charge is -2.17. The molecule has 0 saturated carbocycles. The first-order valence-electron chi connectivity index (χ1n) is 7.73. The number of methoxy groups -OCH3 is 1. The summed E-state index contributed by atoms with van der Waals surface area (Å²) in [5.74, 6) is 1.53. The molecule has 122 valence electrons. The van der Waals surface area contributed by atoms with Gasteiger partial charge in [-0.15, -0.1) is 0 Å². The number of nitrogens with one attached hydrogen (secondary N) is 1. The number of hydrogen-bond donors (Lipinski definition) is 1. The Bertz CT molecular complexity index is 610. The van der Waals surface area contributed by atoms with E-state index >= 15 is 0 Å². The average Bonchev–Trinajstić information content (AvgIpc) is 2.60. The van der Waals surface area contributed by atoms with Crippen LogP contribution < -0.4 is 14.8 Å². The Kier molecular flexibility index (Phi) is 6.03. The zero-order chi connectivity index (χ0) is 16.7. The third-order valence-corrected chi connectivity index (χ3v) is 3.69. The first-order valence-corrected chi connectivity index (χ1v) is 7.73. The summed E-state index contributed by atoms with van der Waals surface area (Å²) in [5.41, 5.74) is 1.21.